The second kappa shape index (κ2) is 6.11. The zero-order chi connectivity index (χ0) is 15.5. The molecule has 6 nitrogen and oxygen atoms in total. The van der Waals surface area contributed by atoms with E-state index in [0.29, 0.717) is 11.7 Å². The van der Waals surface area contributed by atoms with Crippen LogP contribution in [-0.4, -0.2) is 37.3 Å². The van der Waals surface area contributed by atoms with Crippen LogP contribution in [-0.2, 0) is 0 Å². The fraction of sp³-hybridized carbons (Fsp3) is 0.312. The molecular formula is C16H19N5O. The topological polar surface area (TPSA) is 75.3 Å². The van der Waals surface area contributed by atoms with Crippen molar-refractivity contribution in [2.24, 2.45) is 5.92 Å². The molecule has 0 aliphatic carbocycles. The molecule has 3 heterocycles. The number of pyridine rings is 1. The van der Waals surface area contributed by atoms with Gasteiger partial charge in [-0.15, -0.1) is 5.10 Å². The molecule has 0 spiro atoms. The van der Waals surface area contributed by atoms with Crippen LogP contribution in [0.25, 0.3) is 16.9 Å². The van der Waals surface area contributed by atoms with Gasteiger partial charge in [-0.2, -0.15) is 0 Å². The first kappa shape index (κ1) is 14.5. The number of imidazole rings is 1. The van der Waals surface area contributed by atoms with Crippen LogP contribution in [0.2, 0.25) is 0 Å². The first-order valence-electron chi connectivity index (χ1n) is 7.31. The van der Waals surface area contributed by atoms with Crippen LogP contribution in [0, 0.1) is 5.92 Å². The van der Waals surface area contributed by atoms with Crippen LogP contribution in [0.5, 0.6) is 0 Å². The van der Waals surface area contributed by atoms with E-state index in [0.717, 1.165) is 16.9 Å². The summed E-state index contributed by atoms with van der Waals surface area (Å²) < 4.78 is 1.80. The average Bonchev–Trinajstić information content (AvgIpc) is 2.96. The minimum atomic E-state index is -0.0298. The van der Waals surface area contributed by atoms with Gasteiger partial charge in [-0.3, -0.25) is 4.98 Å². The molecule has 1 atom stereocenters. The highest BCUT2D eigenvalue weighted by atomic mass is 16.3. The monoisotopic (exact) mass is 297 g/mol. The van der Waals surface area contributed by atoms with Crippen LogP contribution in [0.15, 0.2) is 42.9 Å². The quantitative estimate of drug-likeness (QED) is 0.755. The second-order valence-electron chi connectivity index (χ2n) is 5.55. The van der Waals surface area contributed by atoms with Crippen molar-refractivity contribution in [1.29, 1.82) is 0 Å². The van der Waals surface area contributed by atoms with Gasteiger partial charge in [0.2, 0.25) is 0 Å². The number of nitrogens with zero attached hydrogens (tertiary/aromatic N) is 4. The molecule has 3 rings (SSSR count). The largest absolute Gasteiger partial charge is 0.394 e. The number of aliphatic hydroxyl groups is 1. The van der Waals surface area contributed by atoms with Crippen molar-refractivity contribution in [2.75, 3.05) is 11.9 Å². The summed E-state index contributed by atoms with van der Waals surface area (Å²) in [6.45, 7) is 4.19. The van der Waals surface area contributed by atoms with Crippen molar-refractivity contribution in [3.05, 3.63) is 42.9 Å². The maximum atomic E-state index is 9.45. The minimum absolute atomic E-state index is 0.0298. The number of hydrogen-bond donors (Lipinski definition) is 2. The molecule has 22 heavy (non-hydrogen) atoms. The van der Waals surface area contributed by atoms with E-state index < -0.39 is 0 Å². The molecule has 0 aliphatic heterocycles. The van der Waals surface area contributed by atoms with Crippen molar-refractivity contribution < 1.29 is 5.11 Å². The SMILES string of the molecule is CC(C)C(CO)Nc1ccc2ncc(-c3ccncc3)n2n1. The summed E-state index contributed by atoms with van der Waals surface area (Å²) in [7, 11) is 0. The molecule has 0 aliphatic rings. The number of nitrogens with one attached hydrogen (secondary N) is 1. The van der Waals surface area contributed by atoms with E-state index in [2.05, 4.69) is 34.2 Å². The standard InChI is InChI=1S/C16H19N5O/c1-11(2)13(10-22)19-15-3-4-16-18-9-14(21(16)20-15)12-5-7-17-8-6-12/h3-9,11,13,22H,10H2,1-2H3,(H,19,20). The van der Waals surface area contributed by atoms with Gasteiger partial charge in [-0.05, 0) is 30.2 Å². The van der Waals surface area contributed by atoms with Crippen LogP contribution in [0.4, 0.5) is 5.82 Å². The lowest BCUT2D eigenvalue weighted by molar-refractivity contribution is 0.249. The third kappa shape index (κ3) is 2.78. The third-order valence-electron chi connectivity index (χ3n) is 3.67. The normalized spacial score (nSPS) is 12.7. The van der Waals surface area contributed by atoms with Gasteiger partial charge < -0.3 is 10.4 Å². The number of fused-ring (bicyclic) bond motifs is 1. The van der Waals surface area contributed by atoms with Crippen LogP contribution >= 0.6 is 0 Å². The van der Waals surface area contributed by atoms with Crippen molar-refractivity contribution >= 4 is 11.5 Å². The summed E-state index contributed by atoms with van der Waals surface area (Å²) in [6, 6.07) is 7.61. The third-order valence-corrected chi connectivity index (χ3v) is 3.67. The predicted molar refractivity (Wildman–Crippen MR) is 85.6 cm³/mol. The second-order valence-corrected chi connectivity index (χ2v) is 5.55. The van der Waals surface area contributed by atoms with Crippen molar-refractivity contribution in [2.45, 2.75) is 19.9 Å². The highest BCUT2D eigenvalue weighted by Gasteiger charge is 2.13. The minimum Gasteiger partial charge on any atom is -0.394 e. The van der Waals surface area contributed by atoms with Crippen LogP contribution < -0.4 is 5.32 Å². The molecule has 6 heteroatoms. The molecular weight excluding hydrogens is 278 g/mol. The van der Waals surface area contributed by atoms with E-state index >= 15 is 0 Å². The first-order valence-corrected chi connectivity index (χ1v) is 7.31. The Labute approximate surface area is 128 Å². The summed E-state index contributed by atoms with van der Waals surface area (Å²) in [6.07, 6.45) is 5.29. The highest BCUT2D eigenvalue weighted by molar-refractivity contribution is 5.63. The smallest absolute Gasteiger partial charge is 0.154 e. The van der Waals surface area contributed by atoms with Crippen LogP contribution in [0.3, 0.4) is 0 Å². The lowest BCUT2D eigenvalue weighted by atomic mass is 10.1. The van der Waals surface area contributed by atoms with E-state index in [4.69, 9.17) is 0 Å². The van der Waals surface area contributed by atoms with E-state index in [1.807, 2.05) is 24.3 Å². The maximum Gasteiger partial charge on any atom is 0.154 e. The Morgan fingerprint density at radius 2 is 1.95 bits per heavy atom. The Kier molecular flexibility index (Phi) is 4.02. The molecule has 3 aromatic heterocycles. The Bertz CT molecular complexity index is 754. The fourth-order valence-corrected chi connectivity index (χ4v) is 2.28. The molecule has 1 unspecified atom stereocenters. The number of rotatable bonds is 5. The summed E-state index contributed by atoms with van der Waals surface area (Å²) >= 11 is 0. The fourth-order valence-electron chi connectivity index (χ4n) is 2.28. The van der Waals surface area contributed by atoms with E-state index in [1.54, 1.807) is 23.1 Å². The van der Waals surface area contributed by atoms with Crippen molar-refractivity contribution in [3.63, 3.8) is 0 Å². The Balaban J connectivity index is 1.98. The average molecular weight is 297 g/mol. The molecule has 0 radical (unpaired) electrons. The molecule has 0 aromatic carbocycles. The Hall–Kier alpha value is -2.47. The first-order chi connectivity index (χ1) is 10.7. The Morgan fingerprint density at radius 3 is 2.64 bits per heavy atom. The van der Waals surface area contributed by atoms with Gasteiger partial charge in [0, 0.05) is 18.0 Å². The van der Waals surface area contributed by atoms with E-state index in [9.17, 15) is 5.11 Å². The van der Waals surface area contributed by atoms with Gasteiger partial charge in [-0.1, -0.05) is 13.8 Å². The van der Waals surface area contributed by atoms with Crippen LogP contribution in [0.1, 0.15) is 13.8 Å². The summed E-state index contributed by atoms with van der Waals surface area (Å²) in [5.41, 5.74) is 2.70. The summed E-state index contributed by atoms with van der Waals surface area (Å²) in [5, 5.41) is 17.3. The maximum absolute atomic E-state index is 9.45. The lowest BCUT2D eigenvalue weighted by Crippen LogP contribution is -2.30. The summed E-state index contributed by atoms with van der Waals surface area (Å²) in [5.74, 6) is 1.03. The molecule has 2 N–H and O–H groups in total. The molecule has 0 saturated heterocycles. The lowest BCUT2D eigenvalue weighted by Gasteiger charge is -2.20. The van der Waals surface area contributed by atoms with Gasteiger partial charge in [0.25, 0.3) is 0 Å². The van der Waals surface area contributed by atoms with Gasteiger partial charge >= 0.3 is 0 Å². The molecule has 3 aromatic rings. The van der Waals surface area contributed by atoms with Crippen molar-refractivity contribution in [1.82, 2.24) is 19.6 Å². The van der Waals surface area contributed by atoms with Crippen molar-refractivity contribution in [3.8, 4) is 11.3 Å². The Morgan fingerprint density at radius 1 is 1.18 bits per heavy atom. The molecule has 0 saturated carbocycles. The van der Waals surface area contributed by atoms with E-state index in [1.165, 1.54) is 0 Å². The number of anilines is 1. The number of aromatic nitrogens is 4. The van der Waals surface area contributed by atoms with Gasteiger partial charge in [0.05, 0.1) is 24.5 Å². The van der Waals surface area contributed by atoms with Gasteiger partial charge in [-0.25, -0.2) is 9.50 Å². The molecule has 0 fully saturated rings. The number of aliphatic hydroxyl groups excluding tert-OH is 1. The highest BCUT2D eigenvalue weighted by Crippen LogP contribution is 2.20. The zero-order valence-electron chi connectivity index (χ0n) is 12.6. The molecule has 0 bridgehead atoms. The van der Waals surface area contributed by atoms with Gasteiger partial charge in [0.1, 0.15) is 5.82 Å². The van der Waals surface area contributed by atoms with E-state index in [-0.39, 0.29) is 12.6 Å². The zero-order valence-corrected chi connectivity index (χ0v) is 12.6. The molecule has 0 amide bonds. The van der Waals surface area contributed by atoms with Gasteiger partial charge in [0.15, 0.2) is 5.65 Å². The molecule has 114 valence electrons. The summed E-state index contributed by atoms with van der Waals surface area (Å²) in [4.78, 5) is 8.41. The predicted octanol–water partition coefficient (Wildman–Crippen LogP) is 2.22. The number of hydrogen-bond acceptors (Lipinski definition) is 5.